The predicted octanol–water partition coefficient (Wildman–Crippen LogP) is 4.00. The predicted molar refractivity (Wildman–Crippen MR) is 92.5 cm³/mol. The van der Waals surface area contributed by atoms with Gasteiger partial charge < -0.3 is 5.32 Å². The lowest BCUT2D eigenvalue weighted by Gasteiger charge is -2.20. The van der Waals surface area contributed by atoms with E-state index in [0.717, 1.165) is 17.0 Å². The number of benzene rings is 1. The van der Waals surface area contributed by atoms with Crippen LogP contribution in [0, 0.1) is 11.3 Å². The summed E-state index contributed by atoms with van der Waals surface area (Å²) in [5, 5.41) is 13.1. The van der Waals surface area contributed by atoms with Crippen LogP contribution in [0.3, 0.4) is 0 Å². The largest absolute Gasteiger partial charge is 0.332 e. The Kier molecular flexibility index (Phi) is 5.17. The van der Waals surface area contributed by atoms with E-state index in [9.17, 15) is 10.1 Å². The van der Waals surface area contributed by atoms with Crippen LogP contribution in [0.2, 0.25) is 0 Å². The third kappa shape index (κ3) is 4.17. The zero-order chi connectivity index (χ0) is 17.0. The molecule has 1 amide bonds. The summed E-state index contributed by atoms with van der Waals surface area (Å²) in [4.78, 5) is 17.0. The number of aromatic nitrogens is 1. The number of hydrogen-bond donors (Lipinski definition) is 1. The van der Waals surface area contributed by atoms with Crippen LogP contribution in [0.15, 0.2) is 30.5 Å². The maximum absolute atomic E-state index is 12.3. The van der Waals surface area contributed by atoms with E-state index in [2.05, 4.69) is 37.1 Å². The van der Waals surface area contributed by atoms with E-state index >= 15 is 0 Å². The number of thiazole rings is 1. The summed E-state index contributed by atoms with van der Waals surface area (Å²) < 4.78 is 0. The number of amides is 1. The van der Waals surface area contributed by atoms with Gasteiger partial charge in [-0.2, -0.15) is 5.26 Å². The molecule has 1 N–H and O–H groups in total. The van der Waals surface area contributed by atoms with E-state index in [-0.39, 0.29) is 11.3 Å². The molecule has 5 heteroatoms. The molecular formula is C18H21N3OS. The molecule has 0 saturated heterocycles. The fourth-order valence-electron chi connectivity index (χ4n) is 2.15. The van der Waals surface area contributed by atoms with Crippen LogP contribution in [-0.4, -0.2) is 10.9 Å². The second-order valence-electron chi connectivity index (χ2n) is 6.38. The zero-order valence-corrected chi connectivity index (χ0v) is 14.7. The SMILES string of the molecule is CCc1ncc(C(=O)NC(C#N)c2ccc(C(C)(C)C)cc2)s1. The van der Waals surface area contributed by atoms with Crippen molar-refractivity contribution in [2.24, 2.45) is 0 Å². The smallest absolute Gasteiger partial charge is 0.264 e. The molecule has 23 heavy (non-hydrogen) atoms. The molecule has 1 heterocycles. The minimum absolute atomic E-state index is 0.0586. The van der Waals surface area contributed by atoms with Crippen molar-refractivity contribution in [3.8, 4) is 6.07 Å². The molecule has 1 atom stereocenters. The summed E-state index contributed by atoms with van der Waals surface area (Å²) >= 11 is 1.36. The minimum Gasteiger partial charge on any atom is -0.332 e. The fraction of sp³-hybridized carbons (Fsp3) is 0.389. The summed E-state index contributed by atoms with van der Waals surface area (Å²) in [6.45, 7) is 8.41. The van der Waals surface area contributed by atoms with Gasteiger partial charge in [-0.15, -0.1) is 11.3 Å². The highest BCUT2D eigenvalue weighted by Crippen LogP contribution is 2.24. The molecule has 4 nitrogen and oxygen atoms in total. The summed E-state index contributed by atoms with van der Waals surface area (Å²) in [6, 6.07) is 9.31. The highest BCUT2D eigenvalue weighted by molar-refractivity contribution is 7.13. The normalized spacial score (nSPS) is 12.5. The first-order chi connectivity index (χ1) is 10.8. The van der Waals surface area contributed by atoms with Gasteiger partial charge in [0.2, 0.25) is 0 Å². The Hall–Kier alpha value is -2.19. The summed E-state index contributed by atoms with van der Waals surface area (Å²) in [7, 11) is 0. The van der Waals surface area contributed by atoms with Gasteiger partial charge in [-0.1, -0.05) is 52.0 Å². The quantitative estimate of drug-likeness (QED) is 0.923. The number of carbonyl (C=O) groups excluding carboxylic acids is 1. The Bertz CT molecular complexity index is 720. The molecule has 120 valence electrons. The maximum Gasteiger partial charge on any atom is 0.264 e. The van der Waals surface area contributed by atoms with E-state index in [0.29, 0.717) is 4.88 Å². The maximum atomic E-state index is 12.3. The van der Waals surface area contributed by atoms with Crippen molar-refractivity contribution >= 4 is 17.2 Å². The highest BCUT2D eigenvalue weighted by atomic mass is 32.1. The van der Waals surface area contributed by atoms with Gasteiger partial charge in [0.25, 0.3) is 5.91 Å². The van der Waals surface area contributed by atoms with Gasteiger partial charge in [-0.05, 0) is 23.0 Å². The van der Waals surface area contributed by atoms with E-state index < -0.39 is 6.04 Å². The van der Waals surface area contributed by atoms with E-state index in [1.54, 1.807) is 6.20 Å². The lowest BCUT2D eigenvalue weighted by atomic mass is 9.86. The average molecular weight is 327 g/mol. The first kappa shape index (κ1) is 17.2. The number of aryl methyl sites for hydroxylation is 1. The highest BCUT2D eigenvalue weighted by Gasteiger charge is 2.18. The van der Waals surface area contributed by atoms with Crippen LogP contribution >= 0.6 is 11.3 Å². The van der Waals surface area contributed by atoms with Crippen molar-refractivity contribution in [1.82, 2.24) is 10.3 Å². The number of rotatable bonds is 4. The molecule has 0 radical (unpaired) electrons. The van der Waals surface area contributed by atoms with Crippen molar-refractivity contribution in [2.75, 3.05) is 0 Å². The van der Waals surface area contributed by atoms with Gasteiger partial charge >= 0.3 is 0 Å². The van der Waals surface area contributed by atoms with Crippen LogP contribution in [0.5, 0.6) is 0 Å². The number of carbonyl (C=O) groups is 1. The molecule has 0 aliphatic carbocycles. The van der Waals surface area contributed by atoms with Crippen LogP contribution < -0.4 is 5.32 Å². The van der Waals surface area contributed by atoms with Gasteiger partial charge in [-0.25, -0.2) is 4.98 Å². The molecule has 0 fully saturated rings. The number of nitriles is 1. The molecule has 1 aromatic heterocycles. The first-order valence-corrected chi connectivity index (χ1v) is 8.42. The van der Waals surface area contributed by atoms with Crippen molar-refractivity contribution in [2.45, 2.75) is 45.6 Å². The van der Waals surface area contributed by atoms with Crippen molar-refractivity contribution < 1.29 is 4.79 Å². The molecule has 0 spiro atoms. The Morgan fingerprint density at radius 1 is 1.35 bits per heavy atom. The summed E-state index contributed by atoms with van der Waals surface area (Å²) in [6.07, 6.45) is 2.36. The van der Waals surface area contributed by atoms with Crippen LogP contribution in [-0.2, 0) is 11.8 Å². The van der Waals surface area contributed by atoms with Crippen LogP contribution in [0.1, 0.15) is 59.5 Å². The zero-order valence-electron chi connectivity index (χ0n) is 13.9. The standard InChI is InChI=1S/C18H21N3OS/c1-5-16-20-11-15(23-16)17(22)21-14(10-19)12-6-8-13(9-7-12)18(2,3)4/h6-9,11,14H,5H2,1-4H3,(H,21,22). The van der Waals surface area contributed by atoms with Crippen molar-refractivity contribution in [1.29, 1.82) is 5.26 Å². The van der Waals surface area contributed by atoms with Crippen LogP contribution in [0.25, 0.3) is 0 Å². The number of nitrogens with zero attached hydrogens (tertiary/aromatic N) is 2. The van der Waals surface area contributed by atoms with Gasteiger partial charge in [0.15, 0.2) is 0 Å². The molecule has 0 aliphatic heterocycles. The van der Waals surface area contributed by atoms with E-state index in [1.165, 1.54) is 16.9 Å². The number of hydrogen-bond acceptors (Lipinski definition) is 4. The summed E-state index contributed by atoms with van der Waals surface area (Å²) in [5.74, 6) is -0.256. The van der Waals surface area contributed by atoms with Crippen molar-refractivity contribution in [3.63, 3.8) is 0 Å². The second kappa shape index (κ2) is 6.93. The molecular weight excluding hydrogens is 306 g/mol. The molecule has 0 saturated carbocycles. The Labute approximate surface area is 141 Å². The average Bonchev–Trinajstić information content (AvgIpc) is 3.01. The van der Waals surface area contributed by atoms with Gasteiger partial charge in [0, 0.05) is 0 Å². The molecule has 1 aromatic carbocycles. The topological polar surface area (TPSA) is 65.8 Å². The monoisotopic (exact) mass is 327 g/mol. The van der Waals surface area contributed by atoms with E-state index in [4.69, 9.17) is 0 Å². The first-order valence-electron chi connectivity index (χ1n) is 7.60. The second-order valence-corrected chi connectivity index (χ2v) is 7.49. The summed E-state index contributed by atoms with van der Waals surface area (Å²) in [5.41, 5.74) is 2.04. The Morgan fingerprint density at radius 2 is 2.00 bits per heavy atom. The van der Waals surface area contributed by atoms with Gasteiger partial charge in [0.05, 0.1) is 17.3 Å². The lowest BCUT2D eigenvalue weighted by Crippen LogP contribution is -2.27. The van der Waals surface area contributed by atoms with E-state index in [1.807, 2.05) is 31.2 Å². The van der Waals surface area contributed by atoms with Gasteiger partial charge in [0.1, 0.15) is 10.9 Å². The Balaban J connectivity index is 2.14. The van der Waals surface area contributed by atoms with Gasteiger partial charge in [-0.3, -0.25) is 4.79 Å². The molecule has 0 aliphatic rings. The molecule has 0 bridgehead atoms. The molecule has 2 aromatic rings. The Morgan fingerprint density at radius 3 is 2.48 bits per heavy atom. The third-order valence-corrected chi connectivity index (χ3v) is 4.73. The third-order valence-electron chi connectivity index (χ3n) is 3.59. The van der Waals surface area contributed by atoms with Crippen LogP contribution in [0.4, 0.5) is 0 Å². The van der Waals surface area contributed by atoms with Crippen molar-refractivity contribution in [3.05, 3.63) is 51.5 Å². The lowest BCUT2D eigenvalue weighted by molar-refractivity contribution is 0.0949. The fourth-order valence-corrected chi connectivity index (χ4v) is 2.91. The number of nitrogens with one attached hydrogen (secondary N) is 1. The molecule has 2 rings (SSSR count). The minimum atomic E-state index is -0.663. The molecule has 1 unspecified atom stereocenters.